The van der Waals surface area contributed by atoms with Crippen molar-refractivity contribution in [3.63, 3.8) is 0 Å². The van der Waals surface area contributed by atoms with Crippen molar-refractivity contribution in [1.82, 2.24) is 14.5 Å². The second-order valence-electron chi connectivity index (χ2n) is 6.29. The third-order valence-corrected chi connectivity index (χ3v) is 4.56. The first-order valence-corrected chi connectivity index (χ1v) is 8.00. The summed E-state index contributed by atoms with van der Waals surface area (Å²) in [4.78, 5) is 6.25. The van der Waals surface area contributed by atoms with Gasteiger partial charge in [-0.15, -0.1) is 0 Å². The van der Waals surface area contributed by atoms with E-state index in [9.17, 15) is 13.2 Å². The second-order valence-corrected chi connectivity index (χ2v) is 6.29. The van der Waals surface area contributed by atoms with Crippen molar-refractivity contribution in [2.24, 2.45) is 11.7 Å². The van der Waals surface area contributed by atoms with Gasteiger partial charge in [-0.1, -0.05) is 30.3 Å². The number of hydrogen-bond acceptors (Lipinski definition) is 3. The van der Waals surface area contributed by atoms with E-state index < -0.39 is 12.7 Å². The number of rotatable bonds is 5. The lowest BCUT2D eigenvalue weighted by Crippen LogP contribution is -2.26. The van der Waals surface area contributed by atoms with Crippen molar-refractivity contribution in [3.8, 4) is 0 Å². The quantitative estimate of drug-likeness (QED) is 0.912. The Labute approximate surface area is 139 Å². The molecular formula is C17H21F3N4. The monoisotopic (exact) mass is 338 g/mol. The summed E-state index contributed by atoms with van der Waals surface area (Å²) in [6, 6.07) is 10.1. The lowest BCUT2D eigenvalue weighted by molar-refractivity contribution is -0.141. The molecule has 1 aliphatic rings. The highest BCUT2D eigenvalue weighted by Crippen LogP contribution is 2.32. The van der Waals surface area contributed by atoms with Gasteiger partial charge in [0.1, 0.15) is 12.4 Å². The van der Waals surface area contributed by atoms with Crippen LogP contribution in [0.5, 0.6) is 0 Å². The minimum Gasteiger partial charge on any atom is -0.330 e. The first kappa shape index (κ1) is 17.0. The van der Waals surface area contributed by atoms with Crippen molar-refractivity contribution < 1.29 is 13.2 Å². The number of nitrogens with zero attached hydrogens (tertiary/aromatic N) is 3. The molecule has 7 heteroatoms. The molecule has 2 N–H and O–H groups in total. The zero-order valence-electron chi connectivity index (χ0n) is 13.3. The van der Waals surface area contributed by atoms with Gasteiger partial charge in [0.15, 0.2) is 0 Å². The van der Waals surface area contributed by atoms with E-state index in [1.54, 1.807) is 0 Å². The van der Waals surface area contributed by atoms with Crippen LogP contribution in [-0.2, 0) is 13.1 Å². The van der Waals surface area contributed by atoms with E-state index in [0.29, 0.717) is 30.7 Å². The van der Waals surface area contributed by atoms with Crippen LogP contribution < -0.4 is 5.73 Å². The molecule has 0 radical (unpaired) electrons. The number of imidazole rings is 1. The number of hydrogen-bond donors (Lipinski definition) is 1. The maximum atomic E-state index is 12.6. The molecule has 0 saturated carbocycles. The summed E-state index contributed by atoms with van der Waals surface area (Å²) >= 11 is 0. The molecule has 0 spiro atoms. The summed E-state index contributed by atoms with van der Waals surface area (Å²) in [5.74, 6) is 1.05. The van der Waals surface area contributed by atoms with Crippen molar-refractivity contribution in [2.45, 2.75) is 25.2 Å². The molecule has 1 fully saturated rings. The molecule has 1 saturated heterocycles. The maximum Gasteiger partial charge on any atom is 0.406 e. The predicted octanol–water partition coefficient (Wildman–Crippen LogP) is 2.62. The Balaban J connectivity index is 1.70. The minimum atomic E-state index is -4.24. The largest absolute Gasteiger partial charge is 0.406 e. The molecule has 4 nitrogen and oxygen atoms in total. The molecule has 130 valence electrons. The molecule has 1 aromatic carbocycles. The van der Waals surface area contributed by atoms with E-state index in [0.717, 1.165) is 13.1 Å². The lowest BCUT2D eigenvalue weighted by atomic mass is 9.89. The highest BCUT2D eigenvalue weighted by molar-refractivity contribution is 5.22. The van der Waals surface area contributed by atoms with Crippen molar-refractivity contribution in [1.29, 1.82) is 0 Å². The topological polar surface area (TPSA) is 47.1 Å². The zero-order valence-corrected chi connectivity index (χ0v) is 13.3. The van der Waals surface area contributed by atoms with Gasteiger partial charge in [-0.05, 0) is 18.0 Å². The van der Waals surface area contributed by atoms with Gasteiger partial charge in [0.05, 0.1) is 6.54 Å². The van der Waals surface area contributed by atoms with Gasteiger partial charge in [-0.3, -0.25) is 4.90 Å². The van der Waals surface area contributed by atoms with Crippen LogP contribution in [0.3, 0.4) is 0 Å². The van der Waals surface area contributed by atoms with Gasteiger partial charge in [0, 0.05) is 31.4 Å². The van der Waals surface area contributed by atoms with Gasteiger partial charge < -0.3 is 10.3 Å². The first-order chi connectivity index (χ1) is 11.5. The summed E-state index contributed by atoms with van der Waals surface area (Å²) in [5, 5.41) is 0. The standard InChI is InChI=1S/C17H21F3N4/c18-17(19,20)12-24-7-6-22-16(24)11-23-9-14(8-21)15(10-23)13-4-2-1-3-5-13/h1-7,14-15H,8-12,21H2/t14-,15+/m1/s1. The molecule has 1 aromatic heterocycles. The zero-order chi connectivity index (χ0) is 17.2. The van der Waals surface area contributed by atoms with Gasteiger partial charge in [0.25, 0.3) is 0 Å². The van der Waals surface area contributed by atoms with E-state index in [1.807, 2.05) is 18.2 Å². The number of benzene rings is 1. The van der Waals surface area contributed by atoms with Crippen LogP contribution in [0, 0.1) is 5.92 Å². The van der Waals surface area contributed by atoms with Gasteiger partial charge in [0.2, 0.25) is 0 Å². The number of likely N-dealkylation sites (tertiary alicyclic amines) is 1. The van der Waals surface area contributed by atoms with Gasteiger partial charge in [-0.25, -0.2) is 4.98 Å². The van der Waals surface area contributed by atoms with E-state index in [4.69, 9.17) is 5.73 Å². The minimum absolute atomic E-state index is 0.304. The molecule has 0 aliphatic carbocycles. The van der Waals surface area contributed by atoms with Crippen LogP contribution in [-0.4, -0.2) is 40.3 Å². The molecule has 0 amide bonds. The molecule has 24 heavy (non-hydrogen) atoms. The van der Waals surface area contributed by atoms with Crippen LogP contribution in [0.15, 0.2) is 42.7 Å². The highest BCUT2D eigenvalue weighted by atomic mass is 19.4. The molecular weight excluding hydrogens is 317 g/mol. The Morgan fingerprint density at radius 1 is 1.17 bits per heavy atom. The van der Waals surface area contributed by atoms with Crippen molar-refractivity contribution >= 4 is 0 Å². The van der Waals surface area contributed by atoms with Crippen LogP contribution in [0.1, 0.15) is 17.3 Å². The predicted molar refractivity (Wildman–Crippen MR) is 85.3 cm³/mol. The van der Waals surface area contributed by atoms with Crippen LogP contribution >= 0.6 is 0 Å². The maximum absolute atomic E-state index is 12.6. The van der Waals surface area contributed by atoms with Crippen LogP contribution in [0.4, 0.5) is 13.2 Å². The molecule has 1 aliphatic heterocycles. The average Bonchev–Trinajstić information content (AvgIpc) is 3.14. The number of alkyl halides is 3. The summed E-state index contributed by atoms with van der Waals surface area (Å²) < 4.78 is 39.1. The first-order valence-electron chi connectivity index (χ1n) is 8.00. The highest BCUT2D eigenvalue weighted by Gasteiger charge is 2.34. The molecule has 2 heterocycles. The molecule has 2 aromatic rings. The fourth-order valence-electron chi connectivity index (χ4n) is 3.44. The Morgan fingerprint density at radius 2 is 1.92 bits per heavy atom. The summed E-state index contributed by atoms with van der Waals surface area (Å²) in [6.07, 6.45) is -1.44. The molecule has 3 rings (SSSR count). The summed E-state index contributed by atoms with van der Waals surface area (Å²) in [7, 11) is 0. The lowest BCUT2D eigenvalue weighted by Gasteiger charge is -2.17. The number of halogens is 3. The van der Waals surface area contributed by atoms with Crippen molar-refractivity contribution in [3.05, 3.63) is 54.1 Å². The smallest absolute Gasteiger partial charge is 0.330 e. The van der Waals surface area contributed by atoms with Gasteiger partial charge in [-0.2, -0.15) is 13.2 Å². The van der Waals surface area contributed by atoms with Gasteiger partial charge >= 0.3 is 6.18 Å². The Morgan fingerprint density at radius 3 is 2.58 bits per heavy atom. The fourth-order valence-corrected chi connectivity index (χ4v) is 3.44. The van der Waals surface area contributed by atoms with Crippen LogP contribution in [0.2, 0.25) is 0 Å². The normalized spacial score (nSPS) is 22.2. The summed E-state index contributed by atoms with van der Waals surface area (Å²) in [6.45, 7) is 1.52. The van der Waals surface area contributed by atoms with Crippen LogP contribution in [0.25, 0.3) is 0 Å². The van der Waals surface area contributed by atoms with E-state index >= 15 is 0 Å². The number of aromatic nitrogens is 2. The molecule has 0 bridgehead atoms. The van der Waals surface area contributed by atoms with E-state index in [-0.39, 0.29) is 0 Å². The molecule has 2 atom stereocenters. The Bertz CT molecular complexity index is 653. The van der Waals surface area contributed by atoms with E-state index in [2.05, 4.69) is 22.0 Å². The summed E-state index contributed by atoms with van der Waals surface area (Å²) in [5.41, 5.74) is 7.14. The third kappa shape index (κ3) is 3.96. The van der Waals surface area contributed by atoms with E-state index in [1.165, 1.54) is 22.5 Å². The SMILES string of the molecule is NC[C@@H]1CN(Cc2nccn2CC(F)(F)F)C[C@H]1c1ccccc1. The molecule has 0 unspecified atom stereocenters. The second kappa shape index (κ2) is 6.94. The van der Waals surface area contributed by atoms with Crippen molar-refractivity contribution in [2.75, 3.05) is 19.6 Å². The number of nitrogens with two attached hydrogens (primary N) is 1. The Kier molecular flexibility index (Phi) is 4.91. The Hall–Kier alpha value is -1.86. The fraction of sp³-hybridized carbons (Fsp3) is 0.471. The third-order valence-electron chi connectivity index (χ3n) is 4.56. The average molecular weight is 338 g/mol.